The molecule has 0 radical (unpaired) electrons. The van der Waals surface area contributed by atoms with Crippen molar-refractivity contribution in [1.82, 2.24) is 10.3 Å². The number of thiophene rings is 1. The number of rotatable bonds is 11. The van der Waals surface area contributed by atoms with E-state index in [0.29, 0.717) is 38.8 Å². The van der Waals surface area contributed by atoms with Crippen LogP contribution in [0, 0.1) is 5.82 Å². The quantitative estimate of drug-likeness (QED) is 0.0857. The number of thioether (sulfide) groups is 1. The van der Waals surface area contributed by atoms with Crippen molar-refractivity contribution in [2.75, 3.05) is 23.7 Å². The van der Waals surface area contributed by atoms with E-state index in [1.54, 1.807) is 30.9 Å². The van der Waals surface area contributed by atoms with Crippen molar-refractivity contribution in [2.45, 2.75) is 8.96 Å². The van der Waals surface area contributed by atoms with E-state index >= 15 is 0 Å². The molecule has 0 saturated heterocycles. The van der Waals surface area contributed by atoms with Crippen molar-refractivity contribution < 1.29 is 13.7 Å². The van der Waals surface area contributed by atoms with Crippen LogP contribution < -0.4 is 9.62 Å². The van der Waals surface area contributed by atoms with Crippen molar-refractivity contribution in [1.29, 1.82) is 0 Å². The van der Waals surface area contributed by atoms with E-state index in [9.17, 15) is 13.7 Å². The first kappa shape index (κ1) is 30.0. The van der Waals surface area contributed by atoms with E-state index in [0.717, 1.165) is 16.7 Å². The Balaban J connectivity index is 1.23. The number of nitrogens with one attached hydrogen (secondary N) is 2. The van der Waals surface area contributed by atoms with Gasteiger partial charge in [-0.3, -0.25) is 4.79 Å². The fourth-order valence-electron chi connectivity index (χ4n) is 5.38. The van der Waals surface area contributed by atoms with Crippen LogP contribution in [-0.2, 0) is 16.1 Å². The summed E-state index contributed by atoms with van der Waals surface area (Å²) in [5.41, 5.74) is 4.75. The zero-order valence-electron chi connectivity index (χ0n) is 23.9. The lowest BCUT2D eigenvalue weighted by Gasteiger charge is -2.35. The number of carbonyl (C=O) groups is 1. The number of fused-ring (bicyclic) bond motifs is 1. The van der Waals surface area contributed by atoms with E-state index in [1.807, 2.05) is 29.6 Å². The van der Waals surface area contributed by atoms with Gasteiger partial charge in [-0.05, 0) is 40.3 Å². The zero-order chi connectivity index (χ0) is 30.5. The molecule has 0 bridgehead atoms. The van der Waals surface area contributed by atoms with Gasteiger partial charge in [-0.25, -0.2) is 4.39 Å². The Morgan fingerprint density at radius 3 is 2.05 bits per heavy atom. The monoisotopic (exact) mass is 639 g/mol. The van der Waals surface area contributed by atoms with Gasteiger partial charge in [-0.1, -0.05) is 102 Å². The van der Waals surface area contributed by atoms with E-state index in [2.05, 4.69) is 83.1 Å². The molecule has 2 heterocycles. The summed E-state index contributed by atoms with van der Waals surface area (Å²) in [4.78, 5) is 16.5. The number of carbonyl (C=O) groups excluding carboxylic acids is 1. The number of aromatic amines is 1. The number of halogens is 1. The minimum atomic E-state index is -1.51. The first-order valence-corrected chi connectivity index (χ1v) is 17.0. The first-order chi connectivity index (χ1) is 21.5. The number of hydrogen-bond acceptors (Lipinski definition) is 5. The second-order valence-corrected chi connectivity index (χ2v) is 14.1. The number of hydrogen-bond donors (Lipinski definition) is 2. The molecule has 0 aliphatic carbocycles. The van der Waals surface area contributed by atoms with Gasteiger partial charge >= 0.3 is 0 Å². The van der Waals surface area contributed by atoms with Crippen LogP contribution >= 0.6 is 23.1 Å². The maximum absolute atomic E-state index is 14.6. The molecule has 0 fully saturated rings. The molecule has 2 aromatic heterocycles. The van der Waals surface area contributed by atoms with Crippen LogP contribution in [0.5, 0.6) is 0 Å². The fourth-order valence-corrected chi connectivity index (χ4v) is 8.87. The van der Waals surface area contributed by atoms with Crippen molar-refractivity contribution in [3.05, 3.63) is 155 Å². The topological polar surface area (TPSA) is 71.2 Å². The lowest BCUT2D eigenvalue weighted by Crippen LogP contribution is -2.30. The second-order valence-electron chi connectivity index (χ2n) is 10.1. The van der Waals surface area contributed by atoms with Crippen LogP contribution in [0.1, 0.15) is 27.2 Å². The Hall–Kier alpha value is -4.02. The molecular formula is C35H30FN3O2S3. The molecule has 0 spiro atoms. The average molecular weight is 640 g/mol. The summed E-state index contributed by atoms with van der Waals surface area (Å²) in [7, 11) is 1.65. The van der Waals surface area contributed by atoms with E-state index < -0.39 is 21.9 Å². The Kier molecular flexibility index (Phi) is 9.09. The maximum atomic E-state index is 14.6. The Morgan fingerprint density at radius 2 is 1.50 bits per heavy atom. The molecule has 0 saturated carbocycles. The largest absolute Gasteiger partial charge is 0.587 e. The van der Waals surface area contributed by atoms with E-state index in [4.69, 9.17) is 0 Å². The Labute approximate surface area is 267 Å². The van der Waals surface area contributed by atoms with Crippen molar-refractivity contribution in [3.63, 3.8) is 0 Å². The standard InChI is InChI=1S/C35H30FN3O2S3/c1-39(44(41)32-18-11-20-42-32)31-24-29(36)22-25-23-30(38-33(25)31)34(40)37-19-21-43-35(26-12-5-2-6-13-26,27-14-7-3-8-15-27)28-16-9-4-10-17-28/h2-18,20,22-24,38H,19,21H2,1H3,(H,37,40). The number of nitrogens with zero attached hydrogens (tertiary/aromatic N) is 1. The van der Waals surface area contributed by atoms with Crippen LogP contribution in [-0.4, -0.2) is 34.8 Å². The molecule has 5 nitrogen and oxygen atoms in total. The molecule has 0 aliphatic heterocycles. The third kappa shape index (κ3) is 6.01. The molecule has 2 N–H and O–H groups in total. The van der Waals surface area contributed by atoms with Gasteiger partial charge < -0.3 is 14.9 Å². The lowest BCUT2D eigenvalue weighted by atomic mass is 9.84. The Morgan fingerprint density at radius 1 is 0.909 bits per heavy atom. The average Bonchev–Trinajstić information content (AvgIpc) is 3.76. The predicted octanol–water partition coefficient (Wildman–Crippen LogP) is 7.98. The predicted molar refractivity (Wildman–Crippen MR) is 181 cm³/mol. The highest BCUT2D eigenvalue weighted by atomic mass is 32.2. The summed E-state index contributed by atoms with van der Waals surface area (Å²) in [6.07, 6.45) is 0. The smallest absolute Gasteiger partial charge is 0.267 e. The van der Waals surface area contributed by atoms with Crippen LogP contribution in [0.2, 0.25) is 0 Å². The van der Waals surface area contributed by atoms with Gasteiger partial charge in [-0.2, -0.15) is 4.31 Å². The fraction of sp³-hybridized carbons (Fsp3) is 0.114. The highest BCUT2D eigenvalue weighted by Crippen LogP contribution is 2.48. The number of H-pyrrole nitrogens is 1. The van der Waals surface area contributed by atoms with Gasteiger partial charge in [0.2, 0.25) is 4.21 Å². The normalized spacial score (nSPS) is 12.2. The summed E-state index contributed by atoms with van der Waals surface area (Å²) < 4.78 is 29.4. The number of amides is 1. The minimum absolute atomic E-state index is 0.292. The van der Waals surface area contributed by atoms with Crippen molar-refractivity contribution >= 4 is 57.0 Å². The molecule has 9 heteroatoms. The van der Waals surface area contributed by atoms with Crippen LogP contribution in [0.25, 0.3) is 10.9 Å². The van der Waals surface area contributed by atoms with Gasteiger partial charge in [0.05, 0.1) is 17.3 Å². The van der Waals surface area contributed by atoms with Crippen LogP contribution in [0.15, 0.2) is 131 Å². The minimum Gasteiger partial charge on any atom is -0.587 e. The number of anilines is 1. The molecule has 44 heavy (non-hydrogen) atoms. The molecule has 222 valence electrons. The number of aromatic nitrogens is 1. The molecule has 4 aromatic carbocycles. The van der Waals surface area contributed by atoms with E-state index in [-0.39, 0.29) is 5.91 Å². The highest BCUT2D eigenvalue weighted by molar-refractivity contribution is 8.00. The summed E-state index contributed by atoms with van der Waals surface area (Å²) in [5.74, 6) is -0.128. The third-order valence-corrected chi connectivity index (χ3v) is 11.5. The zero-order valence-corrected chi connectivity index (χ0v) is 26.4. The summed E-state index contributed by atoms with van der Waals surface area (Å²) in [6, 6.07) is 39.2. The highest BCUT2D eigenvalue weighted by Gasteiger charge is 2.36. The van der Waals surface area contributed by atoms with Crippen LogP contribution in [0.3, 0.4) is 0 Å². The summed E-state index contributed by atoms with van der Waals surface area (Å²) in [5, 5.41) is 5.42. The molecular weight excluding hydrogens is 610 g/mol. The third-order valence-electron chi connectivity index (χ3n) is 7.42. The van der Waals surface area contributed by atoms with Gasteiger partial charge in [0.25, 0.3) is 5.91 Å². The Bertz CT molecular complexity index is 1730. The summed E-state index contributed by atoms with van der Waals surface area (Å²) in [6.45, 7) is 0.413. The van der Waals surface area contributed by atoms with E-state index in [1.165, 1.54) is 27.8 Å². The molecule has 6 rings (SSSR count). The molecule has 1 amide bonds. The summed E-state index contributed by atoms with van der Waals surface area (Å²) >= 11 is 1.62. The van der Waals surface area contributed by atoms with Gasteiger partial charge in [0, 0.05) is 29.8 Å². The molecule has 6 aromatic rings. The molecule has 0 aliphatic rings. The van der Waals surface area contributed by atoms with Crippen molar-refractivity contribution in [3.8, 4) is 0 Å². The molecule has 1 unspecified atom stereocenters. The van der Waals surface area contributed by atoms with Crippen LogP contribution in [0.4, 0.5) is 10.1 Å². The van der Waals surface area contributed by atoms with Crippen molar-refractivity contribution in [2.24, 2.45) is 0 Å². The van der Waals surface area contributed by atoms with Gasteiger partial charge in [0.15, 0.2) is 0 Å². The van der Waals surface area contributed by atoms with Gasteiger partial charge in [-0.15, -0.1) is 11.8 Å². The van der Waals surface area contributed by atoms with Gasteiger partial charge in [0.1, 0.15) is 28.6 Å². The molecule has 1 atom stereocenters. The lowest BCUT2D eigenvalue weighted by molar-refractivity contribution is 0.0952. The SMILES string of the molecule is CN(c1cc(F)cc2cc(C(=O)NCCSC(c3ccccc3)(c3ccccc3)c3ccccc3)[nH]c12)[S+]([O-])c1cccs1. The number of benzene rings is 4. The second kappa shape index (κ2) is 13.3. The first-order valence-electron chi connectivity index (χ1n) is 14.1. The maximum Gasteiger partial charge on any atom is 0.267 e.